The molecule has 0 N–H and O–H groups in total. The molecule has 2 heterocycles. The van der Waals surface area contributed by atoms with Crippen molar-refractivity contribution in [2.75, 3.05) is 13.1 Å². The van der Waals surface area contributed by atoms with Gasteiger partial charge in [-0.1, -0.05) is 59.2 Å². The van der Waals surface area contributed by atoms with Gasteiger partial charge >= 0.3 is 0 Å². The van der Waals surface area contributed by atoms with E-state index in [1.165, 1.54) is 16.8 Å². The summed E-state index contributed by atoms with van der Waals surface area (Å²) in [6.45, 7) is 0.601. The molecule has 1 fully saturated rings. The zero-order valence-corrected chi connectivity index (χ0v) is 15.3. The highest BCUT2D eigenvalue weighted by atomic mass is 35.5. The molecule has 0 saturated carbocycles. The van der Waals surface area contributed by atoms with Crippen LogP contribution in [0.5, 0.6) is 0 Å². The molecule has 6 nitrogen and oxygen atoms in total. The fourth-order valence-corrected chi connectivity index (χ4v) is 5.38. The Hall–Kier alpha value is -2.22. The minimum atomic E-state index is -3.72. The van der Waals surface area contributed by atoms with Crippen LogP contribution in [0.1, 0.15) is 23.2 Å². The molecule has 0 unspecified atom stereocenters. The molecule has 1 saturated heterocycles. The molecule has 0 aliphatic carbocycles. The second kappa shape index (κ2) is 6.83. The van der Waals surface area contributed by atoms with E-state index in [9.17, 15) is 8.42 Å². The quantitative estimate of drug-likeness (QED) is 0.684. The minimum Gasteiger partial charge on any atom is -0.343 e. The van der Waals surface area contributed by atoms with Gasteiger partial charge < -0.3 is 4.52 Å². The maximum Gasteiger partial charge on any atom is 0.244 e. The smallest absolute Gasteiger partial charge is 0.244 e. The summed E-state index contributed by atoms with van der Waals surface area (Å²) >= 11 is 6.13. The monoisotopic (exact) mass is 389 g/mol. The van der Waals surface area contributed by atoms with Crippen molar-refractivity contribution < 1.29 is 12.9 Å². The lowest BCUT2D eigenvalue weighted by atomic mass is 9.88. The van der Waals surface area contributed by atoms with E-state index >= 15 is 0 Å². The average molecular weight is 390 g/mol. The second-order valence-electron chi connectivity index (χ2n) is 6.17. The van der Waals surface area contributed by atoms with Crippen molar-refractivity contribution in [2.45, 2.75) is 16.7 Å². The number of hydrogen-bond acceptors (Lipinski definition) is 5. The van der Waals surface area contributed by atoms with Crippen molar-refractivity contribution in [1.29, 1.82) is 0 Å². The molecule has 2 aromatic carbocycles. The van der Waals surface area contributed by atoms with E-state index in [0.29, 0.717) is 12.4 Å². The lowest BCUT2D eigenvalue weighted by Gasteiger charge is -2.17. The van der Waals surface area contributed by atoms with Gasteiger partial charge in [0.15, 0.2) is 5.82 Å². The Morgan fingerprint density at radius 1 is 1.00 bits per heavy atom. The molecule has 0 radical (unpaired) electrons. The Bertz CT molecular complexity index is 994. The number of halogens is 1. The lowest BCUT2D eigenvalue weighted by Crippen LogP contribution is -2.29. The van der Waals surface area contributed by atoms with Gasteiger partial charge in [-0.25, -0.2) is 8.42 Å². The van der Waals surface area contributed by atoms with Gasteiger partial charge in [0.05, 0.1) is 5.02 Å². The maximum absolute atomic E-state index is 13.1. The minimum absolute atomic E-state index is 0.0638. The average Bonchev–Trinajstić information content (AvgIpc) is 3.32. The standard InChI is InChI=1S/C18H16ClN3O3S/c19-16-8-4-5-9-17(16)26(23,24)22-10-14(13-6-2-1-3-7-13)15(11-22)18-20-12-25-21-18/h1-9,12,14-15H,10-11H2/t14-,15-/m1/s1. The Kier molecular flexibility index (Phi) is 4.52. The van der Waals surface area contributed by atoms with Crippen LogP contribution in [-0.4, -0.2) is 36.0 Å². The van der Waals surface area contributed by atoms with Crippen LogP contribution >= 0.6 is 11.6 Å². The van der Waals surface area contributed by atoms with E-state index in [1.807, 2.05) is 30.3 Å². The third kappa shape index (κ3) is 3.02. The van der Waals surface area contributed by atoms with Gasteiger partial charge in [-0.05, 0) is 17.7 Å². The number of rotatable bonds is 4. The molecule has 1 aliphatic rings. The van der Waals surface area contributed by atoms with Crippen LogP contribution in [0.2, 0.25) is 5.02 Å². The first-order valence-corrected chi connectivity index (χ1v) is 9.95. The molecule has 1 aromatic heterocycles. The highest BCUT2D eigenvalue weighted by molar-refractivity contribution is 7.89. The van der Waals surface area contributed by atoms with E-state index in [1.54, 1.807) is 18.2 Å². The Labute approximate surface area is 156 Å². The van der Waals surface area contributed by atoms with Gasteiger partial charge in [-0.15, -0.1) is 0 Å². The number of nitrogens with zero attached hydrogens (tertiary/aromatic N) is 3. The fraction of sp³-hybridized carbons (Fsp3) is 0.222. The molecule has 0 spiro atoms. The molecule has 3 aromatic rings. The molecule has 0 bridgehead atoms. The fourth-order valence-electron chi connectivity index (χ4n) is 3.40. The van der Waals surface area contributed by atoms with Crippen molar-refractivity contribution in [2.24, 2.45) is 0 Å². The van der Waals surface area contributed by atoms with Gasteiger partial charge in [0.1, 0.15) is 4.90 Å². The molecule has 8 heteroatoms. The summed E-state index contributed by atoms with van der Waals surface area (Å²) in [7, 11) is -3.72. The summed E-state index contributed by atoms with van der Waals surface area (Å²) in [5, 5.41) is 4.16. The summed E-state index contributed by atoms with van der Waals surface area (Å²) < 4.78 is 32.6. The summed E-state index contributed by atoms with van der Waals surface area (Å²) in [6.07, 6.45) is 1.27. The van der Waals surface area contributed by atoms with Crippen LogP contribution in [0, 0.1) is 0 Å². The van der Waals surface area contributed by atoms with Crippen LogP contribution in [0.25, 0.3) is 0 Å². The number of aromatic nitrogens is 2. The second-order valence-corrected chi connectivity index (χ2v) is 8.48. The van der Waals surface area contributed by atoms with Gasteiger partial charge in [-0.3, -0.25) is 0 Å². The molecule has 2 atom stereocenters. The molecular weight excluding hydrogens is 374 g/mol. The molecule has 1 aliphatic heterocycles. The van der Waals surface area contributed by atoms with Gasteiger partial charge in [0.2, 0.25) is 16.4 Å². The first-order chi connectivity index (χ1) is 12.6. The van der Waals surface area contributed by atoms with E-state index in [-0.39, 0.29) is 28.3 Å². The summed E-state index contributed by atoms with van der Waals surface area (Å²) in [5.74, 6) is 0.259. The lowest BCUT2D eigenvalue weighted by molar-refractivity contribution is 0.401. The Balaban J connectivity index is 1.73. The van der Waals surface area contributed by atoms with E-state index in [2.05, 4.69) is 10.1 Å². The topological polar surface area (TPSA) is 76.3 Å². The first kappa shape index (κ1) is 17.2. The van der Waals surface area contributed by atoms with E-state index in [4.69, 9.17) is 16.1 Å². The van der Waals surface area contributed by atoms with Crippen LogP contribution in [0.3, 0.4) is 0 Å². The van der Waals surface area contributed by atoms with Gasteiger partial charge in [0.25, 0.3) is 0 Å². The Morgan fingerprint density at radius 2 is 1.69 bits per heavy atom. The zero-order valence-electron chi connectivity index (χ0n) is 13.7. The summed E-state index contributed by atoms with van der Waals surface area (Å²) in [5.41, 5.74) is 1.04. The van der Waals surface area contributed by atoms with Crippen LogP contribution in [-0.2, 0) is 10.0 Å². The van der Waals surface area contributed by atoms with Gasteiger partial charge in [-0.2, -0.15) is 9.29 Å². The van der Waals surface area contributed by atoms with Crippen LogP contribution in [0.15, 0.2) is 70.4 Å². The zero-order chi connectivity index (χ0) is 18.1. The molecule has 4 rings (SSSR count). The van der Waals surface area contributed by atoms with Crippen LogP contribution < -0.4 is 0 Å². The summed E-state index contributed by atoms with van der Waals surface area (Å²) in [4.78, 5) is 4.27. The highest BCUT2D eigenvalue weighted by Gasteiger charge is 2.43. The highest BCUT2D eigenvalue weighted by Crippen LogP contribution is 2.41. The largest absolute Gasteiger partial charge is 0.343 e. The van der Waals surface area contributed by atoms with Crippen molar-refractivity contribution in [1.82, 2.24) is 14.4 Å². The third-order valence-corrected chi connectivity index (χ3v) is 7.01. The SMILES string of the molecule is O=S(=O)(c1ccccc1Cl)N1C[C@H](c2ccccc2)[C@H](c2ncon2)C1. The third-order valence-electron chi connectivity index (χ3n) is 4.68. The predicted octanol–water partition coefficient (Wildman–Crippen LogP) is 3.29. The van der Waals surface area contributed by atoms with Crippen molar-refractivity contribution in [3.05, 3.63) is 77.4 Å². The Morgan fingerprint density at radius 3 is 2.38 bits per heavy atom. The normalized spacial score (nSPS) is 21.1. The number of benzene rings is 2. The molecule has 134 valence electrons. The molecule has 0 amide bonds. The van der Waals surface area contributed by atoms with Crippen molar-refractivity contribution in [3.63, 3.8) is 0 Å². The van der Waals surface area contributed by atoms with Crippen molar-refractivity contribution in [3.8, 4) is 0 Å². The first-order valence-electron chi connectivity index (χ1n) is 8.13. The van der Waals surface area contributed by atoms with Crippen molar-refractivity contribution >= 4 is 21.6 Å². The number of sulfonamides is 1. The number of hydrogen-bond donors (Lipinski definition) is 0. The predicted molar refractivity (Wildman–Crippen MR) is 96.4 cm³/mol. The molecule has 26 heavy (non-hydrogen) atoms. The van der Waals surface area contributed by atoms with Gasteiger partial charge in [0, 0.05) is 24.9 Å². The van der Waals surface area contributed by atoms with E-state index < -0.39 is 10.0 Å². The maximum atomic E-state index is 13.1. The van der Waals surface area contributed by atoms with E-state index in [0.717, 1.165) is 5.56 Å². The van der Waals surface area contributed by atoms with Crippen LogP contribution in [0.4, 0.5) is 0 Å². The summed E-state index contributed by atoms with van der Waals surface area (Å²) in [6, 6.07) is 16.3. The molecular formula is C18H16ClN3O3S.